The molecule has 2 unspecified atom stereocenters. The zero-order valence-corrected chi connectivity index (χ0v) is 39.6. The Balaban J connectivity index is 0.000000181. The first-order chi connectivity index (χ1) is 32.0. The number of halogens is 2. The van der Waals surface area contributed by atoms with Crippen molar-refractivity contribution in [2.75, 3.05) is 82.6 Å². The van der Waals surface area contributed by atoms with Gasteiger partial charge in [-0.25, -0.2) is 27.8 Å². The van der Waals surface area contributed by atoms with Gasteiger partial charge in [-0.05, 0) is 132 Å². The van der Waals surface area contributed by atoms with Crippen molar-refractivity contribution in [2.24, 2.45) is 0 Å². The van der Waals surface area contributed by atoms with Crippen LogP contribution in [0.25, 0.3) is 11.0 Å². The minimum Gasteiger partial charge on any atom is -0.322 e. The van der Waals surface area contributed by atoms with Gasteiger partial charge in [-0.3, -0.25) is 10.2 Å². The molecule has 8 aromatic rings. The molecule has 0 spiro atoms. The van der Waals surface area contributed by atoms with Gasteiger partial charge in [-0.15, -0.1) is 23.5 Å². The van der Waals surface area contributed by atoms with Crippen molar-refractivity contribution in [1.82, 2.24) is 64.3 Å². The van der Waals surface area contributed by atoms with Gasteiger partial charge in [-0.1, -0.05) is 24.3 Å². The first kappa shape index (κ1) is 46.7. The summed E-state index contributed by atoms with van der Waals surface area (Å²) in [6, 6.07) is 25.0. The monoisotopic (exact) mass is 933 g/mol. The third kappa shape index (κ3) is 12.3. The van der Waals surface area contributed by atoms with Gasteiger partial charge in [0.1, 0.15) is 22.7 Å². The Labute approximate surface area is 392 Å². The molecule has 346 valence electrons. The number of aromatic amines is 2. The predicted molar refractivity (Wildman–Crippen MR) is 262 cm³/mol. The number of piperazine rings is 1. The van der Waals surface area contributed by atoms with E-state index in [0.29, 0.717) is 34.9 Å². The highest BCUT2D eigenvalue weighted by molar-refractivity contribution is 7.99. The molecular weight excluding hydrogens is 877 g/mol. The molecule has 6 aromatic heterocycles. The highest BCUT2D eigenvalue weighted by Gasteiger charge is 2.23. The lowest BCUT2D eigenvalue weighted by atomic mass is 10.1. The Kier molecular flexibility index (Phi) is 15.6. The summed E-state index contributed by atoms with van der Waals surface area (Å²) in [7, 11) is 6.32. The van der Waals surface area contributed by atoms with Crippen LogP contribution in [0.5, 0.6) is 0 Å². The van der Waals surface area contributed by atoms with Gasteiger partial charge in [0.2, 0.25) is 0 Å². The van der Waals surface area contributed by atoms with Crippen LogP contribution in [0, 0.1) is 25.5 Å². The van der Waals surface area contributed by atoms with Crippen LogP contribution in [-0.2, 0) is 0 Å². The Hall–Kier alpha value is -5.86. The standard InChI is InChI=1S/C25H31FN8S.C22H26FN7S/c1-18-17-22(30-29-18)27-24-21-5-3-11-34(21)31-25(28-24)23(19-6-8-20(26)9-7-19)35-16-4-10-33-14-12-32(2)13-15-33;1-15-14-19(27-26-15)24-21-18-6-4-12-30(18)28-22(25-21)20(31-13-5-11-29(2)3)16-7-9-17(23)10-8-16/h3,5-9,11,17,23H,4,10,12-16H2,1-2H3,(H2,27,28,29,30,31);4,6-10,12,14,20H,5,11,13H2,1-3H3,(H2,24,25,26,27,28). The van der Waals surface area contributed by atoms with Gasteiger partial charge < -0.3 is 25.3 Å². The van der Waals surface area contributed by atoms with E-state index in [0.717, 1.165) is 97.2 Å². The lowest BCUT2D eigenvalue weighted by Gasteiger charge is -2.32. The number of benzene rings is 2. The SMILES string of the molecule is Cc1cc(Nc2nc(C(SCCCN(C)C)c3ccc(F)cc3)nn3cccc23)n[nH]1.Cc1cc(Nc2nc(C(SCCCN3CCN(C)CC3)c3ccc(F)cc3)nn3cccc23)n[nH]1. The fourth-order valence-electron chi connectivity index (χ4n) is 7.57. The molecule has 2 atom stereocenters. The number of hydrogen-bond acceptors (Lipinski definition) is 13. The topological polar surface area (TPSA) is 152 Å². The zero-order chi connectivity index (χ0) is 46.0. The first-order valence-corrected chi connectivity index (χ1v) is 24.2. The van der Waals surface area contributed by atoms with Crippen LogP contribution in [0.4, 0.5) is 32.1 Å². The second-order valence-corrected chi connectivity index (χ2v) is 19.1. The molecule has 7 heterocycles. The van der Waals surface area contributed by atoms with Crippen molar-refractivity contribution in [3.05, 3.63) is 143 Å². The molecule has 9 rings (SSSR count). The van der Waals surface area contributed by atoms with Crippen LogP contribution in [0.2, 0.25) is 0 Å². The molecule has 4 N–H and O–H groups in total. The van der Waals surface area contributed by atoms with Crippen LogP contribution in [-0.4, -0.2) is 136 Å². The molecule has 0 bridgehead atoms. The third-order valence-corrected chi connectivity index (χ3v) is 13.7. The van der Waals surface area contributed by atoms with E-state index in [-0.39, 0.29) is 22.1 Å². The van der Waals surface area contributed by atoms with Crippen LogP contribution in [0.3, 0.4) is 0 Å². The molecule has 15 nitrogen and oxygen atoms in total. The summed E-state index contributed by atoms with van der Waals surface area (Å²) in [4.78, 5) is 16.9. The molecule has 0 saturated carbocycles. The van der Waals surface area contributed by atoms with Crippen molar-refractivity contribution in [1.29, 1.82) is 0 Å². The molecule has 19 heteroatoms. The Morgan fingerprint density at radius 1 is 0.667 bits per heavy atom. The van der Waals surface area contributed by atoms with Gasteiger partial charge in [0.05, 0.1) is 10.5 Å². The van der Waals surface area contributed by atoms with Gasteiger partial charge in [-0.2, -0.15) is 20.4 Å². The number of aromatic nitrogens is 10. The van der Waals surface area contributed by atoms with Gasteiger partial charge >= 0.3 is 0 Å². The van der Waals surface area contributed by atoms with E-state index < -0.39 is 0 Å². The second kappa shape index (κ2) is 22.1. The van der Waals surface area contributed by atoms with Crippen LogP contribution >= 0.6 is 23.5 Å². The van der Waals surface area contributed by atoms with Crippen molar-refractivity contribution in [3.63, 3.8) is 0 Å². The molecule has 2 aromatic carbocycles. The van der Waals surface area contributed by atoms with E-state index in [1.807, 2.05) is 95.9 Å². The molecule has 1 aliphatic rings. The number of likely N-dealkylation sites (N-methyl/N-ethyl adjacent to an activating group) is 1. The molecule has 0 amide bonds. The maximum atomic E-state index is 13.7. The summed E-state index contributed by atoms with van der Waals surface area (Å²) in [6.45, 7) is 10.5. The van der Waals surface area contributed by atoms with E-state index in [4.69, 9.17) is 20.2 Å². The Morgan fingerprint density at radius 2 is 1.14 bits per heavy atom. The molecule has 0 radical (unpaired) electrons. The lowest BCUT2D eigenvalue weighted by molar-refractivity contribution is 0.154. The second-order valence-electron chi connectivity index (χ2n) is 16.7. The number of rotatable bonds is 18. The van der Waals surface area contributed by atoms with Crippen LogP contribution < -0.4 is 10.6 Å². The van der Waals surface area contributed by atoms with Crippen molar-refractivity contribution in [2.45, 2.75) is 37.2 Å². The maximum Gasteiger partial charge on any atom is 0.169 e. The van der Waals surface area contributed by atoms with Gasteiger partial charge in [0, 0.05) is 62.1 Å². The van der Waals surface area contributed by atoms with E-state index >= 15 is 0 Å². The summed E-state index contributed by atoms with van der Waals surface area (Å²) in [6.07, 6.45) is 5.94. The van der Waals surface area contributed by atoms with Crippen molar-refractivity contribution < 1.29 is 8.78 Å². The number of fused-ring (bicyclic) bond motifs is 2. The number of nitrogens with zero attached hydrogens (tertiary/aromatic N) is 11. The third-order valence-electron chi connectivity index (χ3n) is 11.1. The largest absolute Gasteiger partial charge is 0.322 e. The molecule has 1 saturated heterocycles. The van der Waals surface area contributed by atoms with E-state index in [1.54, 1.807) is 23.5 Å². The molecule has 66 heavy (non-hydrogen) atoms. The normalized spacial score (nSPS) is 14.4. The van der Waals surface area contributed by atoms with Crippen LogP contribution in [0.15, 0.2) is 97.3 Å². The maximum absolute atomic E-state index is 13.7. The minimum absolute atomic E-state index is 0.114. The zero-order valence-electron chi connectivity index (χ0n) is 38.0. The minimum atomic E-state index is -0.252. The van der Waals surface area contributed by atoms with Gasteiger partial charge in [0.15, 0.2) is 34.9 Å². The number of nitrogens with one attached hydrogen (secondary N) is 4. The van der Waals surface area contributed by atoms with E-state index in [1.165, 1.54) is 24.3 Å². The summed E-state index contributed by atoms with van der Waals surface area (Å²) in [5.41, 5.74) is 5.62. The Morgan fingerprint density at radius 3 is 1.58 bits per heavy atom. The molecule has 1 fully saturated rings. The number of thioether (sulfide) groups is 2. The number of anilines is 4. The molecule has 0 aliphatic carbocycles. The van der Waals surface area contributed by atoms with E-state index in [9.17, 15) is 8.78 Å². The predicted octanol–water partition coefficient (Wildman–Crippen LogP) is 8.52. The quantitative estimate of drug-likeness (QED) is 0.0610. The van der Waals surface area contributed by atoms with Crippen LogP contribution in [0.1, 0.15) is 57.5 Å². The number of hydrogen-bond donors (Lipinski definition) is 4. The summed E-state index contributed by atoms with van der Waals surface area (Å²) in [5.74, 6) is 5.52. The summed E-state index contributed by atoms with van der Waals surface area (Å²) < 4.78 is 30.9. The highest BCUT2D eigenvalue weighted by Crippen LogP contribution is 2.37. The van der Waals surface area contributed by atoms with Crippen molar-refractivity contribution in [3.8, 4) is 0 Å². The first-order valence-electron chi connectivity index (χ1n) is 22.1. The average molecular weight is 934 g/mol. The number of aryl methyl sites for hydroxylation is 2. The lowest BCUT2D eigenvalue weighted by Crippen LogP contribution is -2.44. The van der Waals surface area contributed by atoms with Gasteiger partial charge in [0.25, 0.3) is 0 Å². The van der Waals surface area contributed by atoms with Crippen molar-refractivity contribution >= 4 is 57.8 Å². The smallest absolute Gasteiger partial charge is 0.169 e. The molecular formula is C47H57F2N15S2. The fourth-order valence-corrected chi connectivity index (χ4v) is 9.83. The fraction of sp³-hybridized carbons (Fsp3) is 0.362. The summed E-state index contributed by atoms with van der Waals surface area (Å²) in [5, 5.41) is 30.4. The highest BCUT2D eigenvalue weighted by atomic mass is 32.2. The number of H-pyrrole nitrogens is 2. The Bertz CT molecular complexity index is 2760. The summed E-state index contributed by atoms with van der Waals surface area (Å²) >= 11 is 3.57. The molecule has 1 aliphatic heterocycles. The average Bonchev–Trinajstić information content (AvgIpc) is 4.15. The van der Waals surface area contributed by atoms with E-state index in [2.05, 4.69) is 66.9 Å².